The van der Waals surface area contributed by atoms with Gasteiger partial charge in [0.05, 0.1) is 17.7 Å². The molecule has 17 heavy (non-hydrogen) atoms. The minimum absolute atomic E-state index is 0.486. The van der Waals surface area contributed by atoms with Crippen LogP contribution in [-0.2, 0) is 0 Å². The quantitative estimate of drug-likeness (QED) is 0.849. The fourth-order valence-electron chi connectivity index (χ4n) is 2.38. The summed E-state index contributed by atoms with van der Waals surface area (Å²) >= 11 is 0. The highest BCUT2D eigenvalue weighted by Gasteiger charge is 2.17. The van der Waals surface area contributed by atoms with Gasteiger partial charge in [0, 0.05) is 24.3 Å². The molecule has 1 aliphatic heterocycles. The van der Waals surface area contributed by atoms with Crippen LogP contribution in [0.5, 0.6) is 0 Å². The van der Waals surface area contributed by atoms with Crippen molar-refractivity contribution < 1.29 is 5.11 Å². The van der Waals surface area contributed by atoms with E-state index < -0.39 is 6.10 Å². The first kappa shape index (κ1) is 11.9. The van der Waals surface area contributed by atoms with Crippen molar-refractivity contribution in [1.82, 2.24) is 0 Å². The van der Waals surface area contributed by atoms with Gasteiger partial charge in [-0.05, 0) is 38.3 Å². The summed E-state index contributed by atoms with van der Waals surface area (Å²) in [5.41, 5.74) is 2.61. The molecule has 1 saturated heterocycles. The second-order valence-corrected chi connectivity index (χ2v) is 4.61. The highest BCUT2D eigenvalue weighted by Crippen LogP contribution is 2.29. The van der Waals surface area contributed by atoms with Gasteiger partial charge >= 0.3 is 0 Å². The fraction of sp³-hybridized carbons (Fsp3) is 0.500. The zero-order chi connectivity index (χ0) is 12.3. The molecule has 0 bridgehead atoms. The topological polar surface area (TPSA) is 47.3 Å². The molecule has 1 heterocycles. The van der Waals surface area contributed by atoms with Gasteiger partial charge in [-0.3, -0.25) is 0 Å². The molecule has 0 saturated carbocycles. The Bertz CT molecular complexity index is 428. The van der Waals surface area contributed by atoms with E-state index in [2.05, 4.69) is 11.0 Å². The average molecular weight is 230 g/mol. The summed E-state index contributed by atoms with van der Waals surface area (Å²) < 4.78 is 0. The lowest BCUT2D eigenvalue weighted by Crippen LogP contribution is -2.30. The highest BCUT2D eigenvalue weighted by atomic mass is 16.3. The lowest BCUT2D eigenvalue weighted by molar-refractivity contribution is 0.199. The van der Waals surface area contributed by atoms with Crippen LogP contribution in [0.4, 0.5) is 5.69 Å². The van der Waals surface area contributed by atoms with Gasteiger partial charge in [-0.15, -0.1) is 0 Å². The van der Waals surface area contributed by atoms with Crippen LogP contribution >= 0.6 is 0 Å². The van der Waals surface area contributed by atoms with E-state index in [0.717, 1.165) is 24.3 Å². The zero-order valence-corrected chi connectivity index (χ0v) is 10.2. The normalized spacial score (nSPS) is 17.6. The molecule has 90 valence electrons. The Balaban J connectivity index is 2.37. The molecule has 1 unspecified atom stereocenters. The monoisotopic (exact) mass is 230 g/mol. The van der Waals surface area contributed by atoms with Gasteiger partial charge in [-0.1, -0.05) is 6.07 Å². The van der Waals surface area contributed by atoms with Crippen LogP contribution < -0.4 is 4.90 Å². The van der Waals surface area contributed by atoms with Crippen LogP contribution in [0, 0.1) is 11.3 Å². The molecule has 0 radical (unpaired) electrons. The minimum Gasteiger partial charge on any atom is -0.389 e. The molecule has 1 aliphatic rings. The number of aliphatic hydroxyl groups is 1. The number of rotatable bonds is 2. The number of benzene rings is 1. The third-order valence-corrected chi connectivity index (χ3v) is 3.31. The van der Waals surface area contributed by atoms with Gasteiger partial charge in [0.1, 0.15) is 0 Å². The third-order valence-electron chi connectivity index (χ3n) is 3.31. The number of anilines is 1. The van der Waals surface area contributed by atoms with Crippen molar-refractivity contribution in [2.45, 2.75) is 32.3 Å². The van der Waals surface area contributed by atoms with Gasteiger partial charge in [0.2, 0.25) is 0 Å². The Morgan fingerprint density at radius 3 is 2.59 bits per heavy atom. The first-order valence-corrected chi connectivity index (χ1v) is 6.19. The molecule has 2 rings (SSSR count). The van der Waals surface area contributed by atoms with Crippen molar-refractivity contribution in [1.29, 1.82) is 5.26 Å². The van der Waals surface area contributed by atoms with Crippen molar-refractivity contribution in [3.05, 3.63) is 29.3 Å². The Morgan fingerprint density at radius 2 is 2.00 bits per heavy atom. The first-order valence-electron chi connectivity index (χ1n) is 6.19. The maximum absolute atomic E-state index is 9.79. The molecule has 0 aliphatic carbocycles. The van der Waals surface area contributed by atoms with Crippen LogP contribution in [-0.4, -0.2) is 18.2 Å². The number of aliphatic hydroxyl groups excluding tert-OH is 1. The second kappa shape index (κ2) is 5.20. The second-order valence-electron chi connectivity index (χ2n) is 4.61. The molecular formula is C14H18N2O. The predicted molar refractivity (Wildman–Crippen MR) is 67.9 cm³/mol. The van der Waals surface area contributed by atoms with E-state index in [1.54, 1.807) is 13.0 Å². The minimum atomic E-state index is -0.486. The summed E-state index contributed by atoms with van der Waals surface area (Å²) in [5, 5.41) is 18.7. The Labute approximate surface area is 102 Å². The van der Waals surface area contributed by atoms with Crippen LogP contribution in [0.2, 0.25) is 0 Å². The Kier molecular flexibility index (Phi) is 3.65. The summed E-state index contributed by atoms with van der Waals surface area (Å²) in [6, 6.07) is 7.70. The lowest BCUT2D eigenvalue weighted by Gasteiger charge is -2.31. The molecule has 1 aromatic rings. The third kappa shape index (κ3) is 2.59. The van der Waals surface area contributed by atoms with Crippen LogP contribution in [0.1, 0.15) is 43.4 Å². The predicted octanol–water partition coefficient (Wildman–Crippen LogP) is 2.60. The number of piperidine rings is 1. The van der Waals surface area contributed by atoms with Gasteiger partial charge in [0.25, 0.3) is 0 Å². The summed E-state index contributed by atoms with van der Waals surface area (Å²) in [4.78, 5) is 2.28. The van der Waals surface area contributed by atoms with Crippen LogP contribution in [0.3, 0.4) is 0 Å². The summed E-state index contributed by atoms with van der Waals surface area (Å²) in [6.45, 7) is 3.82. The molecule has 3 heteroatoms. The maximum atomic E-state index is 9.79. The number of nitriles is 1. The van der Waals surface area contributed by atoms with E-state index in [0.29, 0.717) is 5.56 Å². The molecule has 1 aromatic carbocycles. The summed E-state index contributed by atoms with van der Waals surface area (Å²) in [6.07, 6.45) is 3.17. The molecule has 0 aromatic heterocycles. The number of nitrogens with zero attached hydrogens (tertiary/aromatic N) is 2. The van der Waals surface area contributed by atoms with E-state index in [9.17, 15) is 5.11 Å². The van der Waals surface area contributed by atoms with Crippen molar-refractivity contribution in [2.24, 2.45) is 0 Å². The Morgan fingerprint density at radius 1 is 1.29 bits per heavy atom. The van der Waals surface area contributed by atoms with Gasteiger partial charge in [-0.25, -0.2) is 0 Å². The van der Waals surface area contributed by atoms with Gasteiger partial charge in [0.15, 0.2) is 0 Å². The molecule has 0 spiro atoms. The standard InChI is InChI=1S/C14H18N2O/c1-11(17)13-6-5-12(10-15)9-14(13)16-7-3-2-4-8-16/h5-6,9,11,17H,2-4,7-8H2,1H3. The van der Waals surface area contributed by atoms with Gasteiger partial charge in [-0.2, -0.15) is 5.26 Å². The molecule has 0 amide bonds. The van der Waals surface area contributed by atoms with Crippen molar-refractivity contribution >= 4 is 5.69 Å². The fourth-order valence-corrected chi connectivity index (χ4v) is 2.38. The van der Waals surface area contributed by atoms with Crippen molar-refractivity contribution in [3.63, 3.8) is 0 Å². The molecule has 1 fully saturated rings. The summed E-state index contributed by atoms with van der Waals surface area (Å²) in [5.74, 6) is 0. The first-order chi connectivity index (χ1) is 8.22. The van der Waals surface area contributed by atoms with E-state index in [4.69, 9.17) is 5.26 Å². The highest BCUT2D eigenvalue weighted by molar-refractivity contribution is 5.58. The van der Waals surface area contributed by atoms with E-state index in [1.165, 1.54) is 19.3 Å². The van der Waals surface area contributed by atoms with Crippen molar-refractivity contribution in [3.8, 4) is 6.07 Å². The number of hydrogen-bond donors (Lipinski definition) is 1. The largest absolute Gasteiger partial charge is 0.389 e. The van der Waals surface area contributed by atoms with Gasteiger partial charge < -0.3 is 10.0 Å². The maximum Gasteiger partial charge on any atom is 0.0992 e. The van der Waals surface area contributed by atoms with E-state index in [-0.39, 0.29) is 0 Å². The SMILES string of the molecule is CC(O)c1ccc(C#N)cc1N1CCCCC1. The molecule has 1 atom stereocenters. The average Bonchev–Trinajstić information content (AvgIpc) is 2.39. The van der Waals surface area contributed by atoms with Crippen LogP contribution in [0.15, 0.2) is 18.2 Å². The number of hydrogen-bond acceptors (Lipinski definition) is 3. The lowest BCUT2D eigenvalue weighted by atomic mass is 10.0. The smallest absolute Gasteiger partial charge is 0.0992 e. The van der Waals surface area contributed by atoms with E-state index >= 15 is 0 Å². The zero-order valence-electron chi connectivity index (χ0n) is 10.2. The molecule has 1 N–H and O–H groups in total. The Hall–Kier alpha value is -1.53. The summed E-state index contributed by atoms with van der Waals surface area (Å²) in [7, 11) is 0. The van der Waals surface area contributed by atoms with Crippen LogP contribution in [0.25, 0.3) is 0 Å². The van der Waals surface area contributed by atoms with E-state index in [1.807, 2.05) is 12.1 Å². The molecule has 3 nitrogen and oxygen atoms in total. The van der Waals surface area contributed by atoms with Crippen molar-refractivity contribution in [2.75, 3.05) is 18.0 Å². The molecular weight excluding hydrogens is 212 g/mol.